The van der Waals surface area contributed by atoms with Crippen molar-refractivity contribution in [3.05, 3.63) is 0 Å². The van der Waals surface area contributed by atoms with Gasteiger partial charge in [-0.15, -0.1) is 0 Å². The predicted molar refractivity (Wildman–Crippen MR) is 59.7 cm³/mol. The Hall–Kier alpha value is -1.10. The minimum atomic E-state index is -0.263. The number of hydrogen-bond acceptors (Lipinski definition) is 3. The van der Waals surface area contributed by atoms with Gasteiger partial charge in [-0.2, -0.15) is 0 Å². The first-order chi connectivity index (χ1) is 8.27. The van der Waals surface area contributed by atoms with Crippen LogP contribution in [-0.2, 0) is 14.4 Å². The lowest BCUT2D eigenvalue weighted by Crippen LogP contribution is -2.47. The molecule has 0 bridgehead atoms. The lowest BCUT2D eigenvalue weighted by atomic mass is 10.2. The normalized spacial score (nSPS) is 28.8. The zero-order chi connectivity index (χ0) is 11.8. The molecule has 0 aromatic carbocycles. The van der Waals surface area contributed by atoms with Crippen molar-refractivity contribution in [2.75, 3.05) is 19.7 Å². The van der Waals surface area contributed by atoms with Crippen LogP contribution in [0.3, 0.4) is 0 Å². The van der Waals surface area contributed by atoms with Gasteiger partial charge in [0.2, 0.25) is 5.91 Å². The smallest absolute Gasteiger partial charge is 0.268 e. The number of carbonyl (C=O) groups excluding carboxylic acids is 2. The van der Waals surface area contributed by atoms with E-state index < -0.39 is 0 Å². The number of hydroxylamine groups is 2. The molecule has 2 aliphatic heterocycles. The Bertz CT molecular complexity index is 335. The first-order valence-corrected chi connectivity index (χ1v) is 6.52. The van der Waals surface area contributed by atoms with Crippen LogP contribution in [0.25, 0.3) is 0 Å². The number of nitrogens with zero attached hydrogens (tertiary/aromatic N) is 2. The third-order valence-corrected chi connectivity index (χ3v) is 3.75. The standard InChI is InChI=1S/C12H18N2O3/c15-11(9-4-5-9)13-6-1-3-10(13)12(16)14-7-2-8-17-14/h9-10H,1-8H2. The Morgan fingerprint density at radius 3 is 2.47 bits per heavy atom. The fourth-order valence-electron chi connectivity index (χ4n) is 2.64. The van der Waals surface area contributed by atoms with Crippen LogP contribution in [0.15, 0.2) is 0 Å². The van der Waals surface area contributed by atoms with Crippen molar-refractivity contribution in [1.82, 2.24) is 9.96 Å². The maximum Gasteiger partial charge on any atom is 0.268 e. The van der Waals surface area contributed by atoms with E-state index in [4.69, 9.17) is 4.84 Å². The van der Waals surface area contributed by atoms with Gasteiger partial charge in [0.05, 0.1) is 13.2 Å². The highest BCUT2D eigenvalue weighted by Crippen LogP contribution is 2.34. The number of amides is 2. The Labute approximate surface area is 101 Å². The molecule has 94 valence electrons. The van der Waals surface area contributed by atoms with Gasteiger partial charge in [-0.25, -0.2) is 5.06 Å². The van der Waals surface area contributed by atoms with Gasteiger partial charge in [-0.3, -0.25) is 14.4 Å². The third kappa shape index (κ3) is 2.04. The second-order valence-corrected chi connectivity index (χ2v) is 5.09. The molecule has 5 heteroatoms. The summed E-state index contributed by atoms with van der Waals surface area (Å²) in [5, 5.41) is 1.45. The van der Waals surface area contributed by atoms with Gasteiger partial charge in [-0.05, 0) is 32.1 Å². The van der Waals surface area contributed by atoms with E-state index in [0.717, 1.165) is 38.6 Å². The Balaban J connectivity index is 1.67. The molecule has 0 aromatic rings. The molecule has 0 radical (unpaired) electrons. The molecule has 1 unspecified atom stereocenters. The first-order valence-electron chi connectivity index (χ1n) is 6.52. The van der Waals surface area contributed by atoms with Crippen LogP contribution in [0.4, 0.5) is 0 Å². The van der Waals surface area contributed by atoms with Gasteiger partial charge in [0.25, 0.3) is 5.91 Å². The Morgan fingerprint density at radius 1 is 1.00 bits per heavy atom. The summed E-state index contributed by atoms with van der Waals surface area (Å²) in [5.74, 6) is 0.358. The summed E-state index contributed by atoms with van der Waals surface area (Å²) in [5.41, 5.74) is 0. The van der Waals surface area contributed by atoms with Gasteiger partial charge in [0.1, 0.15) is 6.04 Å². The molecule has 3 fully saturated rings. The first kappa shape index (κ1) is 11.0. The summed E-state index contributed by atoms with van der Waals surface area (Å²) in [6, 6.07) is -0.263. The fraction of sp³-hybridized carbons (Fsp3) is 0.833. The van der Waals surface area contributed by atoms with Crippen LogP contribution in [-0.4, -0.2) is 47.5 Å². The minimum absolute atomic E-state index is 0.0194. The molecule has 5 nitrogen and oxygen atoms in total. The van der Waals surface area contributed by atoms with Crippen molar-refractivity contribution in [1.29, 1.82) is 0 Å². The predicted octanol–water partition coefficient (Wildman–Crippen LogP) is 0.551. The summed E-state index contributed by atoms with van der Waals surface area (Å²) >= 11 is 0. The van der Waals surface area contributed by atoms with Crippen LogP contribution in [0.1, 0.15) is 32.1 Å². The van der Waals surface area contributed by atoms with E-state index in [1.165, 1.54) is 5.06 Å². The van der Waals surface area contributed by atoms with E-state index in [1.807, 2.05) is 0 Å². The lowest BCUT2D eigenvalue weighted by Gasteiger charge is -2.26. The quantitative estimate of drug-likeness (QED) is 0.706. The molecule has 3 rings (SSSR count). The van der Waals surface area contributed by atoms with Crippen molar-refractivity contribution in [3.8, 4) is 0 Å². The van der Waals surface area contributed by atoms with Crippen LogP contribution in [0, 0.1) is 5.92 Å². The van der Waals surface area contributed by atoms with Crippen LogP contribution < -0.4 is 0 Å². The maximum absolute atomic E-state index is 12.2. The summed E-state index contributed by atoms with van der Waals surface area (Å²) in [6.07, 6.45) is 4.61. The fourth-order valence-corrected chi connectivity index (χ4v) is 2.64. The van der Waals surface area contributed by atoms with Crippen LogP contribution in [0.5, 0.6) is 0 Å². The van der Waals surface area contributed by atoms with E-state index in [9.17, 15) is 9.59 Å². The highest BCUT2D eigenvalue weighted by molar-refractivity contribution is 5.89. The summed E-state index contributed by atoms with van der Waals surface area (Å²) < 4.78 is 0. The van der Waals surface area contributed by atoms with Gasteiger partial charge in [0, 0.05) is 12.5 Å². The molecule has 0 aromatic heterocycles. The highest BCUT2D eigenvalue weighted by atomic mass is 16.7. The molecule has 1 aliphatic carbocycles. The average Bonchev–Trinajstić information content (AvgIpc) is 2.86. The van der Waals surface area contributed by atoms with Crippen molar-refractivity contribution in [2.45, 2.75) is 38.1 Å². The van der Waals surface area contributed by atoms with Gasteiger partial charge in [-0.1, -0.05) is 0 Å². The highest BCUT2D eigenvalue weighted by Gasteiger charge is 2.42. The molecule has 0 N–H and O–H groups in total. The van der Waals surface area contributed by atoms with Gasteiger partial charge >= 0.3 is 0 Å². The average molecular weight is 238 g/mol. The topological polar surface area (TPSA) is 49.9 Å². The second kappa shape index (κ2) is 4.29. The van der Waals surface area contributed by atoms with E-state index in [-0.39, 0.29) is 23.8 Å². The number of likely N-dealkylation sites (tertiary alicyclic amines) is 1. The molecule has 2 amide bonds. The molecule has 0 spiro atoms. The Kier molecular flexibility index (Phi) is 2.78. The zero-order valence-electron chi connectivity index (χ0n) is 9.93. The van der Waals surface area contributed by atoms with E-state index in [2.05, 4.69) is 0 Å². The lowest BCUT2D eigenvalue weighted by molar-refractivity contribution is -0.175. The van der Waals surface area contributed by atoms with Crippen molar-refractivity contribution in [2.24, 2.45) is 5.92 Å². The third-order valence-electron chi connectivity index (χ3n) is 3.75. The molecule has 1 atom stereocenters. The summed E-state index contributed by atoms with van der Waals surface area (Å²) in [6.45, 7) is 2.02. The molecule has 1 saturated carbocycles. The summed E-state index contributed by atoms with van der Waals surface area (Å²) in [7, 11) is 0. The molecule has 2 heterocycles. The SMILES string of the molecule is O=C(C1CCCN1C(=O)C1CC1)N1CCCO1. The molecule has 3 aliphatic rings. The van der Waals surface area contributed by atoms with Crippen LogP contribution >= 0.6 is 0 Å². The van der Waals surface area contributed by atoms with E-state index in [0.29, 0.717) is 13.2 Å². The Morgan fingerprint density at radius 2 is 1.82 bits per heavy atom. The maximum atomic E-state index is 12.2. The molecule has 17 heavy (non-hydrogen) atoms. The van der Waals surface area contributed by atoms with Crippen molar-refractivity contribution >= 4 is 11.8 Å². The minimum Gasteiger partial charge on any atom is -0.330 e. The monoisotopic (exact) mass is 238 g/mol. The van der Waals surface area contributed by atoms with E-state index >= 15 is 0 Å². The van der Waals surface area contributed by atoms with Gasteiger partial charge < -0.3 is 4.90 Å². The molecular formula is C12H18N2O3. The van der Waals surface area contributed by atoms with Crippen molar-refractivity contribution in [3.63, 3.8) is 0 Å². The largest absolute Gasteiger partial charge is 0.330 e. The molecule has 2 saturated heterocycles. The summed E-state index contributed by atoms with van der Waals surface area (Å²) in [4.78, 5) is 31.3. The van der Waals surface area contributed by atoms with Crippen molar-refractivity contribution < 1.29 is 14.4 Å². The number of carbonyl (C=O) groups is 2. The second-order valence-electron chi connectivity index (χ2n) is 5.09. The number of rotatable bonds is 2. The zero-order valence-corrected chi connectivity index (χ0v) is 9.93. The molecular weight excluding hydrogens is 220 g/mol. The van der Waals surface area contributed by atoms with Crippen LogP contribution in [0.2, 0.25) is 0 Å². The number of hydrogen-bond donors (Lipinski definition) is 0. The van der Waals surface area contributed by atoms with Gasteiger partial charge in [0.15, 0.2) is 0 Å². The van der Waals surface area contributed by atoms with E-state index in [1.54, 1.807) is 4.90 Å².